The lowest BCUT2D eigenvalue weighted by Gasteiger charge is -2.15. The second kappa shape index (κ2) is 9.28. The minimum atomic E-state index is -0.178. The minimum Gasteiger partial charge on any atom is -0.456 e. The van der Waals surface area contributed by atoms with E-state index in [0.29, 0.717) is 11.5 Å². The van der Waals surface area contributed by atoms with Gasteiger partial charge in [-0.1, -0.05) is 36.4 Å². The Labute approximate surface area is 187 Å². The third-order valence-corrected chi connectivity index (χ3v) is 5.95. The largest absolute Gasteiger partial charge is 0.456 e. The number of likely N-dealkylation sites (tertiary alicyclic amines) is 1. The van der Waals surface area contributed by atoms with Crippen molar-refractivity contribution in [3.05, 3.63) is 89.2 Å². The van der Waals surface area contributed by atoms with Crippen molar-refractivity contribution in [1.82, 2.24) is 9.88 Å². The number of para-hydroxylation sites is 1. The molecule has 1 aromatic heterocycles. The maximum atomic E-state index is 12.0. The number of rotatable bonds is 7. The van der Waals surface area contributed by atoms with E-state index >= 15 is 0 Å². The van der Waals surface area contributed by atoms with Crippen LogP contribution in [0.2, 0.25) is 0 Å². The lowest BCUT2D eigenvalue weighted by atomic mass is 10.1. The lowest BCUT2D eigenvalue weighted by Crippen LogP contribution is -2.25. The molecule has 0 aliphatic carbocycles. The monoisotopic (exact) mass is 425 g/mol. The number of aromatic nitrogens is 1. The van der Waals surface area contributed by atoms with E-state index in [4.69, 9.17) is 4.74 Å². The average Bonchev–Trinajstić information content (AvgIpc) is 3.33. The van der Waals surface area contributed by atoms with Crippen LogP contribution in [0.4, 0.5) is 5.69 Å². The van der Waals surface area contributed by atoms with Crippen LogP contribution in [0.1, 0.15) is 12.8 Å². The number of hydrogen-bond acceptors (Lipinski definition) is 4. The van der Waals surface area contributed by atoms with Crippen molar-refractivity contribution in [1.29, 1.82) is 0 Å². The summed E-state index contributed by atoms with van der Waals surface area (Å²) in [6.07, 6.45) is 2.66. The maximum absolute atomic E-state index is 12.0. The van der Waals surface area contributed by atoms with E-state index < -0.39 is 0 Å². The standard InChI is InChI=1S/C27H27N3O2/c31-27-19-26(24-8-1-2-9-25(24)29-27)32-23-7-5-6-21(18-23)20-10-12-22(13-11-20)28-14-17-30-15-3-4-16-30/h1-2,5-13,18-19,28H,3-4,14-17H2,(H,29,31). The molecule has 162 valence electrons. The summed E-state index contributed by atoms with van der Waals surface area (Å²) in [6, 6.07) is 25.6. The number of nitrogens with zero attached hydrogens (tertiary/aromatic N) is 1. The first kappa shape index (κ1) is 20.3. The molecule has 0 amide bonds. The molecule has 1 aliphatic heterocycles. The molecule has 1 saturated heterocycles. The van der Waals surface area contributed by atoms with E-state index in [1.165, 1.54) is 32.0 Å². The highest BCUT2D eigenvalue weighted by Crippen LogP contribution is 2.30. The van der Waals surface area contributed by atoms with E-state index in [9.17, 15) is 4.79 Å². The fraction of sp³-hybridized carbons (Fsp3) is 0.222. The van der Waals surface area contributed by atoms with Gasteiger partial charge in [-0.2, -0.15) is 0 Å². The quantitative estimate of drug-likeness (QED) is 0.411. The number of fused-ring (bicyclic) bond motifs is 1. The molecule has 1 fully saturated rings. The van der Waals surface area contributed by atoms with Gasteiger partial charge in [-0.15, -0.1) is 0 Å². The molecule has 5 rings (SSSR count). The highest BCUT2D eigenvalue weighted by Gasteiger charge is 2.10. The summed E-state index contributed by atoms with van der Waals surface area (Å²) < 4.78 is 6.12. The molecule has 5 nitrogen and oxygen atoms in total. The molecule has 0 bridgehead atoms. The Bertz CT molecular complexity index is 1260. The molecule has 3 aromatic carbocycles. The van der Waals surface area contributed by atoms with Gasteiger partial charge in [0.15, 0.2) is 0 Å². The van der Waals surface area contributed by atoms with E-state index in [0.717, 1.165) is 40.8 Å². The first-order valence-electron chi connectivity index (χ1n) is 11.2. The van der Waals surface area contributed by atoms with Gasteiger partial charge in [0.2, 0.25) is 0 Å². The maximum Gasteiger partial charge on any atom is 0.252 e. The van der Waals surface area contributed by atoms with Crippen LogP contribution in [0.5, 0.6) is 11.5 Å². The predicted molar refractivity (Wildman–Crippen MR) is 131 cm³/mol. The van der Waals surface area contributed by atoms with Crippen molar-refractivity contribution >= 4 is 16.6 Å². The van der Waals surface area contributed by atoms with Gasteiger partial charge < -0.3 is 19.9 Å². The Morgan fingerprint density at radius 2 is 1.69 bits per heavy atom. The zero-order valence-corrected chi connectivity index (χ0v) is 18.0. The van der Waals surface area contributed by atoms with Gasteiger partial charge in [0.25, 0.3) is 5.56 Å². The zero-order valence-electron chi connectivity index (χ0n) is 18.0. The Morgan fingerprint density at radius 3 is 2.53 bits per heavy atom. The Balaban J connectivity index is 1.29. The van der Waals surface area contributed by atoms with Crippen LogP contribution in [0.15, 0.2) is 83.7 Å². The van der Waals surface area contributed by atoms with E-state index in [1.54, 1.807) is 0 Å². The predicted octanol–water partition coefficient (Wildman–Crippen LogP) is 5.50. The van der Waals surface area contributed by atoms with Crippen molar-refractivity contribution in [3.8, 4) is 22.6 Å². The Kier molecular flexibility index (Phi) is 5.90. The Morgan fingerprint density at radius 1 is 0.875 bits per heavy atom. The normalized spacial score (nSPS) is 14.0. The van der Waals surface area contributed by atoms with Crippen molar-refractivity contribution in [2.75, 3.05) is 31.5 Å². The van der Waals surface area contributed by atoms with Crippen molar-refractivity contribution in [2.45, 2.75) is 12.8 Å². The molecular formula is C27H27N3O2. The molecule has 1 aliphatic rings. The van der Waals surface area contributed by atoms with Crippen LogP contribution in [0.3, 0.4) is 0 Å². The number of hydrogen-bond donors (Lipinski definition) is 2. The van der Waals surface area contributed by atoms with Gasteiger partial charge in [0, 0.05) is 30.2 Å². The number of pyridine rings is 1. The first-order chi connectivity index (χ1) is 15.7. The smallest absolute Gasteiger partial charge is 0.252 e. The highest BCUT2D eigenvalue weighted by atomic mass is 16.5. The van der Waals surface area contributed by atoms with Gasteiger partial charge in [-0.05, 0) is 73.5 Å². The molecule has 4 aromatic rings. The molecular weight excluding hydrogens is 398 g/mol. The number of benzene rings is 3. The highest BCUT2D eigenvalue weighted by molar-refractivity contribution is 5.85. The first-order valence-corrected chi connectivity index (χ1v) is 11.2. The van der Waals surface area contributed by atoms with Crippen LogP contribution < -0.4 is 15.6 Å². The van der Waals surface area contributed by atoms with Crippen LogP contribution >= 0.6 is 0 Å². The molecule has 0 unspecified atom stereocenters. The van der Waals surface area contributed by atoms with Gasteiger partial charge in [0.1, 0.15) is 11.5 Å². The second-order valence-corrected chi connectivity index (χ2v) is 8.23. The molecule has 5 heteroatoms. The summed E-state index contributed by atoms with van der Waals surface area (Å²) in [4.78, 5) is 17.4. The van der Waals surface area contributed by atoms with E-state index in [1.807, 2.05) is 42.5 Å². The van der Waals surface area contributed by atoms with Gasteiger partial charge in [0.05, 0.1) is 5.52 Å². The lowest BCUT2D eigenvalue weighted by molar-refractivity contribution is 0.352. The molecule has 2 N–H and O–H groups in total. The van der Waals surface area contributed by atoms with Gasteiger partial charge in [-0.25, -0.2) is 0 Å². The second-order valence-electron chi connectivity index (χ2n) is 8.23. The molecule has 0 atom stereocenters. The number of nitrogens with one attached hydrogen (secondary N) is 2. The zero-order chi connectivity index (χ0) is 21.8. The summed E-state index contributed by atoms with van der Waals surface area (Å²) in [6.45, 7) is 4.52. The fourth-order valence-electron chi connectivity index (χ4n) is 4.27. The summed E-state index contributed by atoms with van der Waals surface area (Å²) in [5.41, 5.74) is 3.91. The van der Waals surface area contributed by atoms with Crippen LogP contribution in [0, 0.1) is 0 Å². The van der Waals surface area contributed by atoms with Gasteiger partial charge in [-0.3, -0.25) is 4.79 Å². The molecule has 2 heterocycles. The summed E-state index contributed by atoms with van der Waals surface area (Å²) in [5, 5.41) is 4.39. The number of H-pyrrole nitrogens is 1. The molecule has 0 radical (unpaired) electrons. The van der Waals surface area contributed by atoms with Crippen LogP contribution in [0.25, 0.3) is 22.0 Å². The SMILES string of the molecule is O=c1cc(Oc2cccc(-c3ccc(NCCN4CCCC4)cc3)c2)c2ccccc2[nH]1. The third kappa shape index (κ3) is 4.68. The van der Waals surface area contributed by atoms with Crippen molar-refractivity contribution in [3.63, 3.8) is 0 Å². The van der Waals surface area contributed by atoms with Gasteiger partial charge >= 0.3 is 0 Å². The van der Waals surface area contributed by atoms with Crippen LogP contribution in [-0.4, -0.2) is 36.1 Å². The fourth-order valence-corrected chi connectivity index (χ4v) is 4.27. The molecule has 32 heavy (non-hydrogen) atoms. The summed E-state index contributed by atoms with van der Waals surface area (Å²) in [7, 11) is 0. The topological polar surface area (TPSA) is 57.4 Å². The van der Waals surface area contributed by atoms with Crippen LogP contribution in [-0.2, 0) is 0 Å². The third-order valence-electron chi connectivity index (χ3n) is 5.95. The summed E-state index contributed by atoms with van der Waals surface area (Å²) >= 11 is 0. The number of aromatic amines is 1. The summed E-state index contributed by atoms with van der Waals surface area (Å²) in [5.74, 6) is 1.25. The van der Waals surface area contributed by atoms with E-state index in [2.05, 4.69) is 45.5 Å². The molecule has 0 saturated carbocycles. The van der Waals surface area contributed by atoms with Crippen molar-refractivity contribution in [2.24, 2.45) is 0 Å². The average molecular weight is 426 g/mol. The van der Waals surface area contributed by atoms with Crippen molar-refractivity contribution < 1.29 is 4.74 Å². The Hall–Kier alpha value is -3.57. The minimum absolute atomic E-state index is 0.178. The number of ether oxygens (including phenoxy) is 1. The van der Waals surface area contributed by atoms with E-state index in [-0.39, 0.29) is 5.56 Å². The molecule has 0 spiro atoms. The number of anilines is 1.